The summed E-state index contributed by atoms with van der Waals surface area (Å²) in [5.41, 5.74) is 7.42. The van der Waals surface area contributed by atoms with Gasteiger partial charge in [0, 0.05) is 24.2 Å². The summed E-state index contributed by atoms with van der Waals surface area (Å²) in [6, 6.07) is 8.97. The van der Waals surface area contributed by atoms with Crippen molar-refractivity contribution in [3.63, 3.8) is 0 Å². The summed E-state index contributed by atoms with van der Waals surface area (Å²) in [6.07, 6.45) is 0.523. The van der Waals surface area contributed by atoms with E-state index in [1.54, 1.807) is 6.07 Å². The Morgan fingerprint density at radius 2 is 2.17 bits per heavy atom. The van der Waals surface area contributed by atoms with E-state index >= 15 is 0 Å². The van der Waals surface area contributed by atoms with E-state index in [-0.39, 0.29) is 12.5 Å². The average Bonchev–Trinajstić information content (AvgIpc) is 2.39. The maximum Gasteiger partial charge on any atom is 0.269 e. The predicted octanol–water partition coefficient (Wildman–Crippen LogP) is 0.929. The SMILES string of the molecule is Nc1cc(C(=O)NCCCO)nc2ccccc12. The molecule has 0 aliphatic carbocycles. The van der Waals surface area contributed by atoms with Crippen molar-refractivity contribution in [1.82, 2.24) is 10.3 Å². The number of aliphatic hydroxyl groups is 1. The number of anilines is 1. The van der Waals surface area contributed by atoms with Crippen LogP contribution in [0.2, 0.25) is 0 Å². The van der Waals surface area contributed by atoms with E-state index in [1.807, 2.05) is 24.3 Å². The van der Waals surface area contributed by atoms with E-state index in [9.17, 15) is 4.79 Å². The average molecular weight is 245 g/mol. The third-order valence-electron chi connectivity index (χ3n) is 2.60. The molecule has 2 aromatic rings. The molecule has 0 saturated heterocycles. The molecule has 0 aliphatic rings. The quantitative estimate of drug-likeness (QED) is 0.699. The molecular weight excluding hydrogens is 230 g/mol. The van der Waals surface area contributed by atoms with Gasteiger partial charge < -0.3 is 16.2 Å². The van der Waals surface area contributed by atoms with Crippen LogP contribution in [0, 0.1) is 0 Å². The zero-order valence-corrected chi connectivity index (χ0v) is 9.89. The third-order valence-corrected chi connectivity index (χ3v) is 2.60. The molecular formula is C13H15N3O2. The van der Waals surface area contributed by atoms with Gasteiger partial charge in [0.15, 0.2) is 0 Å². The lowest BCUT2D eigenvalue weighted by Crippen LogP contribution is -2.26. The second-order valence-corrected chi connectivity index (χ2v) is 3.95. The van der Waals surface area contributed by atoms with Crippen LogP contribution in [-0.2, 0) is 0 Å². The number of aliphatic hydroxyl groups excluding tert-OH is 1. The molecule has 0 spiro atoms. The number of carbonyl (C=O) groups excluding carboxylic acids is 1. The van der Waals surface area contributed by atoms with E-state index in [0.29, 0.717) is 29.9 Å². The second-order valence-electron chi connectivity index (χ2n) is 3.95. The van der Waals surface area contributed by atoms with Crippen LogP contribution >= 0.6 is 0 Å². The van der Waals surface area contributed by atoms with Gasteiger partial charge in [-0.15, -0.1) is 0 Å². The van der Waals surface area contributed by atoms with Gasteiger partial charge in [0.1, 0.15) is 5.69 Å². The molecule has 94 valence electrons. The van der Waals surface area contributed by atoms with Crippen LogP contribution in [0.4, 0.5) is 5.69 Å². The fraction of sp³-hybridized carbons (Fsp3) is 0.231. The van der Waals surface area contributed by atoms with E-state index in [0.717, 1.165) is 5.39 Å². The van der Waals surface area contributed by atoms with E-state index in [4.69, 9.17) is 10.8 Å². The van der Waals surface area contributed by atoms with Crippen LogP contribution in [0.15, 0.2) is 30.3 Å². The Hall–Kier alpha value is -2.14. The molecule has 4 N–H and O–H groups in total. The number of benzene rings is 1. The molecule has 1 amide bonds. The highest BCUT2D eigenvalue weighted by Gasteiger charge is 2.09. The molecule has 2 rings (SSSR count). The van der Waals surface area contributed by atoms with Crippen molar-refractivity contribution in [2.24, 2.45) is 0 Å². The van der Waals surface area contributed by atoms with Crippen LogP contribution in [0.1, 0.15) is 16.9 Å². The fourth-order valence-electron chi connectivity index (χ4n) is 1.69. The van der Waals surface area contributed by atoms with E-state index in [2.05, 4.69) is 10.3 Å². The first-order chi connectivity index (χ1) is 8.72. The molecule has 18 heavy (non-hydrogen) atoms. The highest BCUT2D eigenvalue weighted by atomic mass is 16.3. The van der Waals surface area contributed by atoms with Gasteiger partial charge in [0.25, 0.3) is 5.91 Å². The van der Waals surface area contributed by atoms with Crippen LogP contribution in [0.5, 0.6) is 0 Å². The van der Waals surface area contributed by atoms with Crippen molar-refractivity contribution in [3.05, 3.63) is 36.0 Å². The normalized spacial score (nSPS) is 10.5. The molecule has 0 fully saturated rings. The Morgan fingerprint density at radius 1 is 1.39 bits per heavy atom. The zero-order chi connectivity index (χ0) is 13.0. The van der Waals surface area contributed by atoms with Gasteiger partial charge in [-0.1, -0.05) is 18.2 Å². The zero-order valence-electron chi connectivity index (χ0n) is 9.89. The first kappa shape index (κ1) is 12.3. The van der Waals surface area contributed by atoms with Crippen molar-refractivity contribution in [3.8, 4) is 0 Å². The molecule has 0 saturated carbocycles. The maximum atomic E-state index is 11.8. The van der Waals surface area contributed by atoms with Gasteiger partial charge >= 0.3 is 0 Å². The van der Waals surface area contributed by atoms with Gasteiger partial charge in [-0.25, -0.2) is 4.98 Å². The number of hydrogen-bond acceptors (Lipinski definition) is 4. The summed E-state index contributed by atoms with van der Waals surface area (Å²) >= 11 is 0. The third kappa shape index (κ3) is 2.57. The minimum Gasteiger partial charge on any atom is -0.398 e. The molecule has 1 aromatic carbocycles. The minimum absolute atomic E-state index is 0.0492. The van der Waals surface area contributed by atoms with Crippen LogP contribution in [-0.4, -0.2) is 29.1 Å². The Kier molecular flexibility index (Phi) is 3.74. The van der Waals surface area contributed by atoms with Gasteiger partial charge in [0.05, 0.1) is 5.52 Å². The second kappa shape index (κ2) is 5.46. The topological polar surface area (TPSA) is 88.2 Å². The van der Waals surface area contributed by atoms with Crippen LogP contribution in [0.25, 0.3) is 10.9 Å². The molecule has 5 heteroatoms. The summed E-state index contributed by atoms with van der Waals surface area (Å²) in [7, 11) is 0. The molecule has 1 aromatic heterocycles. The number of nitrogen functional groups attached to an aromatic ring is 1. The monoisotopic (exact) mass is 245 g/mol. The number of aromatic nitrogens is 1. The Labute approximate surface area is 105 Å². The highest BCUT2D eigenvalue weighted by Crippen LogP contribution is 2.19. The lowest BCUT2D eigenvalue weighted by molar-refractivity contribution is 0.0946. The smallest absolute Gasteiger partial charge is 0.269 e. The molecule has 0 unspecified atom stereocenters. The van der Waals surface area contributed by atoms with Crippen molar-refractivity contribution in [2.75, 3.05) is 18.9 Å². The van der Waals surface area contributed by atoms with E-state index in [1.165, 1.54) is 0 Å². The van der Waals surface area contributed by atoms with Gasteiger partial charge in [0.2, 0.25) is 0 Å². The molecule has 0 aliphatic heterocycles. The summed E-state index contributed by atoms with van der Waals surface area (Å²) in [5, 5.41) is 12.2. The summed E-state index contributed by atoms with van der Waals surface area (Å²) in [6.45, 7) is 0.470. The summed E-state index contributed by atoms with van der Waals surface area (Å²) in [4.78, 5) is 16.1. The lowest BCUT2D eigenvalue weighted by Gasteiger charge is -2.06. The first-order valence-corrected chi connectivity index (χ1v) is 5.76. The predicted molar refractivity (Wildman–Crippen MR) is 70.2 cm³/mol. The number of nitrogens with two attached hydrogens (primary N) is 1. The minimum atomic E-state index is -0.277. The van der Waals surface area contributed by atoms with Crippen molar-refractivity contribution in [1.29, 1.82) is 0 Å². The Morgan fingerprint density at radius 3 is 2.94 bits per heavy atom. The number of rotatable bonds is 4. The maximum absolute atomic E-state index is 11.8. The largest absolute Gasteiger partial charge is 0.398 e. The Bertz CT molecular complexity index is 569. The number of carbonyl (C=O) groups is 1. The van der Waals surface area contributed by atoms with Crippen LogP contribution in [0.3, 0.4) is 0 Å². The number of para-hydroxylation sites is 1. The summed E-state index contributed by atoms with van der Waals surface area (Å²) in [5.74, 6) is -0.277. The number of amides is 1. The number of hydrogen-bond donors (Lipinski definition) is 3. The highest BCUT2D eigenvalue weighted by molar-refractivity contribution is 5.99. The van der Waals surface area contributed by atoms with Gasteiger partial charge in [-0.3, -0.25) is 4.79 Å². The van der Waals surface area contributed by atoms with E-state index < -0.39 is 0 Å². The number of fused-ring (bicyclic) bond motifs is 1. The Balaban J connectivity index is 2.26. The fourth-order valence-corrected chi connectivity index (χ4v) is 1.69. The molecule has 0 bridgehead atoms. The summed E-state index contributed by atoms with van der Waals surface area (Å²) < 4.78 is 0. The number of nitrogens with one attached hydrogen (secondary N) is 1. The van der Waals surface area contributed by atoms with Crippen molar-refractivity contribution < 1.29 is 9.90 Å². The standard InChI is InChI=1S/C13H15N3O2/c14-10-8-12(13(18)15-6-3-7-17)16-11-5-2-1-4-9(10)11/h1-2,4-5,8,17H,3,6-7H2,(H2,14,16)(H,15,18). The molecule has 1 heterocycles. The van der Waals surface area contributed by atoms with Crippen molar-refractivity contribution in [2.45, 2.75) is 6.42 Å². The number of pyridine rings is 1. The van der Waals surface area contributed by atoms with Gasteiger partial charge in [-0.2, -0.15) is 0 Å². The number of nitrogens with zero attached hydrogens (tertiary/aromatic N) is 1. The molecule has 5 nitrogen and oxygen atoms in total. The molecule has 0 atom stereocenters. The van der Waals surface area contributed by atoms with Gasteiger partial charge in [-0.05, 0) is 18.6 Å². The molecule has 0 radical (unpaired) electrons. The van der Waals surface area contributed by atoms with Crippen LogP contribution < -0.4 is 11.1 Å². The lowest BCUT2D eigenvalue weighted by atomic mass is 10.1. The first-order valence-electron chi connectivity index (χ1n) is 5.76. The van der Waals surface area contributed by atoms with Crippen molar-refractivity contribution >= 4 is 22.5 Å².